The fraction of sp³-hybridized carbons (Fsp3) is 0.368. The summed E-state index contributed by atoms with van der Waals surface area (Å²) in [5, 5.41) is 9.53. The molecule has 0 bridgehead atoms. The molecule has 2 aliphatic rings. The minimum absolute atomic E-state index is 0.290. The third-order valence-electron chi connectivity index (χ3n) is 5.21. The second-order valence-electron chi connectivity index (χ2n) is 6.90. The minimum atomic E-state index is -0.548. The Morgan fingerprint density at radius 1 is 1.26 bits per heavy atom. The summed E-state index contributed by atoms with van der Waals surface area (Å²) >= 11 is 0. The first-order chi connectivity index (χ1) is 11.1. The van der Waals surface area contributed by atoms with Gasteiger partial charge in [-0.15, -0.1) is 0 Å². The van der Waals surface area contributed by atoms with Gasteiger partial charge in [0.25, 0.3) is 0 Å². The van der Waals surface area contributed by atoms with Gasteiger partial charge in [-0.3, -0.25) is 4.98 Å². The number of rotatable bonds is 4. The zero-order chi connectivity index (χ0) is 16.0. The van der Waals surface area contributed by atoms with Crippen molar-refractivity contribution in [3.8, 4) is 11.3 Å². The number of hydrogen-bond acceptors (Lipinski definition) is 4. The van der Waals surface area contributed by atoms with Crippen LogP contribution in [0.3, 0.4) is 0 Å². The molecule has 1 heterocycles. The molecule has 2 atom stereocenters. The minimum Gasteiger partial charge on any atom is -0.393 e. The molecular weight excluding hydrogens is 288 g/mol. The van der Waals surface area contributed by atoms with Crippen LogP contribution < -0.4 is 5.73 Å². The molecule has 2 saturated carbocycles. The van der Waals surface area contributed by atoms with Gasteiger partial charge < -0.3 is 15.6 Å². The van der Waals surface area contributed by atoms with E-state index in [1.165, 1.54) is 5.56 Å². The lowest BCUT2D eigenvalue weighted by molar-refractivity contribution is -0.120. The smallest absolute Gasteiger partial charge is 0.130 e. The number of aliphatic hydroxyl groups excluding tert-OH is 1. The second kappa shape index (κ2) is 5.25. The van der Waals surface area contributed by atoms with Crippen molar-refractivity contribution in [2.24, 2.45) is 5.73 Å². The molecule has 1 unspecified atom stereocenters. The van der Waals surface area contributed by atoms with Gasteiger partial charge in [0, 0.05) is 23.7 Å². The number of nitrogens with two attached hydrogens (primary N) is 1. The molecule has 1 aromatic heterocycles. The standard InChI is InChI=1S/C19H20N2O2/c20-17-7-16(17)12-2-1-3-13(6-12)18-5-4-14(10-21-18)19(11-22)8-15(23)9-19/h1-6,10-11,15-17,23H,7-9,20H2/t15?,16?,17-,19?/m0/s1. The van der Waals surface area contributed by atoms with Crippen molar-refractivity contribution in [2.75, 3.05) is 0 Å². The van der Waals surface area contributed by atoms with Crippen molar-refractivity contribution in [2.45, 2.75) is 42.7 Å². The van der Waals surface area contributed by atoms with E-state index < -0.39 is 5.41 Å². The average Bonchev–Trinajstić information content (AvgIpc) is 3.29. The summed E-state index contributed by atoms with van der Waals surface area (Å²) in [6, 6.07) is 12.6. The molecule has 0 saturated heterocycles. The van der Waals surface area contributed by atoms with E-state index in [0.29, 0.717) is 18.8 Å². The third-order valence-corrected chi connectivity index (χ3v) is 5.21. The first-order valence-electron chi connectivity index (χ1n) is 8.08. The molecule has 0 amide bonds. The zero-order valence-corrected chi connectivity index (χ0v) is 12.9. The van der Waals surface area contributed by atoms with E-state index in [2.05, 4.69) is 17.1 Å². The molecule has 0 radical (unpaired) electrons. The predicted molar refractivity (Wildman–Crippen MR) is 88.0 cm³/mol. The van der Waals surface area contributed by atoms with Crippen molar-refractivity contribution in [3.05, 3.63) is 53.7 Å². The highest BCUT2D eigenvalue weighted by atomic mass is 16.3. The first kappa shape index (κ1) is 14.5. The number of nitrogens with zero attached hydrogens (tertiary/aromatic N) is 1. The van der Waals surface area contributed by atoms with Gasteiger partial charge in [0.2, 0.25) is 0 Å². The highest BCUT2D eigenvalue weighted by molar-refractivity contribution is 5.71. The molecule has 118 valence electrons. The maximum Gasteiger partial charge on any atom is 0.130 e. The lowest BCUT2D eigenvalue weighted by atomic mass is 9.64. The molecule has 1 aromatic carbocycles. The van der Waals surface area contributed by atoms with E-state index in [-0.39, 0.29) is 12.1 Å². The molecule has 2 aromatic rings. The Bertz CT molecular complexity index is 735. The Morgan fingerprint density at radius 3 is 2.61 bits per heavy atom. The van der Waals surface area contributed by atoms with Crippen molar-refractivity contribution < 1.29 is 9.90 Å². The predicted octanol–water partition coefficient (Wildman–Crippen LogP) is 2.15. The number of aliphatic hydroxyl groups is 1. The van der Waals surface area contributed by atoms with E-state index >= 15 is 0 Å². The number of aldehydes is 1. The first-order valence-corrected chi connectivity index (χ1v) is 8.08. The van der Waals surface area contributed by atoms with Gasteiger partial charge >= 0.3 is 0 Å². The maximum atomic E-state index is 11.4. The van der Waals surface area contributed by atoms with Crippen LogP contribution in [0.15, 0.2) is 42.6 Å². The SMILES string of the molecule is N[C@H]1CC1c1cccc(-c2ccc(C3(C=O)CC(O)C3)cn2)c1. The summed E-state index contributed by atoms with van der Waals surface area (Å²) in [7, 11) is 0. The fourth-order valence-electron chi connectivity index (χ4n) is 3.57. The number of hydrogen-bond donors (Lipinski definition) is 2. The number of carbonyl (C=O) groups excluding carboxylic acids is 1. The van der Waals surface area contributed by atoms with E-state index in [4.69, 9.17) is 5.73 Å². The Labute approximate surface area is 135 Å². The Hall–Kier alpha value is -2.04. The monoisotopic (exact) mass is 308 g/mol. The normalized spacial score (nSPS) is 32.2. The summed E-state index contributed by atoms with van der Waals surface area (Å²) in [5.41, 5.74) is 9.51. The zero-order valence-electron chi connectivity index (χ0n) is 12.9. The Balaban J connectivity index is 1.60. The van der Waals surface area contributed by atoms with Crippen LogP contribution in [-0.2, 0) is 10.2 Å². The molecule has 0 spiro atoms. The van der Waals surface area contributed by atoms with Crippen molar-refractivity contribution in [1.29, 1.82) is 0 Å². The van der Waals surface area contributed by atoms with Crippen LogP contribution in [0.5, 0.6) is 0 Å². The molecule has 4 rings (SSSR count). The van der Waals surface area contributed by atoms with Crippen LogP contribution >= 0.6 is 0 Å². The van der Waals surface area contributed by atoms with E-state index in [1.807, 2.05) is 24.3 Å². The largest absolute Gasteiger partial charge is 0.393 e. The van der Waals surface area contributed by atoms with Crippen LogP contribution in [0.25, 0.3) is 11.3 Å². The molecule has 4 nitrogen and oxygen atoms in total. The quantitative estimate of drug-likeness (QED) is 0.849. The number of aromatic nitrogens is 1. The third kappa shape index (κ3) is 2.48. The lowest BCUT2D eigenvalue weighted by Crippen LogP contribution is -2.45. The molecule has 4 heteroatoms. The molecule has 23 heavy (non-hydrogen) atoms. The Morgan fingerprint density at radius 2 is 2.04 bits per heavy atom. The number of carbonyl (C=O) groups is 1. The van der Waals surface area contributed by atoms with Crippen LogP contribution in [0, 0.1) is 0 Å². The molecule has 0 aliphatic heterocycles. The summed E-state index contributed by atoms with van der Waals surface area (Å²) in [5.74, 6) is 0.476. The summed E-state index contributed by atoms with van der Waals surface area (Å²) in [6.45, 7) is 0. The summed E-state index contributed by atoms with van der Waals surface area (Å²) in [6.07, 6.45) is 4.38. The number of benzene rings is 1. The van der Waals surface area contributed by atoms with Crippen LogP contribution in [0.1, 0.15) is 36.3 Å². The molecule has 2 aliphatic carbocycles. The van der Waals surface area contributed by atoms with Gasteiger partial charge in [0.1, 0.15) is 6.29 Å². The summed E-state index contributed by atoms with van der Waals surface area (Å²) < 4.78 is 0. The van der Waals surface area contributed by atoms with Gasteiger partial charge in [0.05, 0.1) is 17.2 Å². The molecule has 2 fully saturated rings. The van der Waals surface area contributed by atoms with Gasteiger partial charge in [-0.1, -0.05) is 24.3 Å². The van der Waals surface area contributed by atoms with Crippen molar-refractivity contribution in [1.82, 2.24) is 4.98 Å². The van der Waals surface area contributed by atoms with Crippen molar-refractivity contribution >= 4 is 6.29 Å². The van der Waals surface area contributed by atoms with Crippen LogP contribution in [-0.4, -0.2) is 28.5 Å². The highest BCUT2D eigenvalue weighted by Crippen LogP contribution is 2.42. The van der Waals surface area contributed by atoms with E-state index in [9.17, 15) is 9.90 Å². The van der Waals surface area contributed by atoms with Gasteiger partial charge in [-0.25, -0.2) is 0 Å². The topological polar surface area (TPSA) is 76.2 Å². The van der Waals surface area contributed by atoms with Crippen LogP contribution in [0.4, 0.5) is 0 Å². The maximum absolute atomic E-state index is 11.4. The van der Waals surface area contributed by atoms with Crippen molar-refractivity contribution in [3.63, 3.8) is 0 Å². The average molecular weight is 308 g/mol. The van der Waals surface area contributed by atoms with Gasteiger partial charge in [-0.2, -0.15) is 0 Å². The summed E-state index contributed by atoms with van der Waals surface area (Å²) in [4.78, 5) is 16.0. The number of pyridine rings is 1. The molecular formula is C19H20N2O2. The highest BCUT2D eigenvalue weighted by Gasteiger charge is 2.45. The lowest BCUT2D eigenvalue weighted by Gasteiger charge is -2.41. The van der Waals surface area contributed by atoms with E-state index in [0.717, 1.165) is 29.5 Å². The molecule has 3 N–H and O–H groups in total. The Kier molecular flexibility index (Phi) is 3.32. The fourth-order valence-corrected chi connectivity index (χ4v) is 3.57. The second-order valence-corrected chi connectivity index (χ2v) is 6.90. The van der Waals surface area contributed by atoms with E-state index in [1.54, 1.807) is 6.20 Å². The van der Waals surface area contributed by atoms with Crippen LogP contribution in [0.2, 0.25) is 0 Å². The van der Waals surface area contributed by atoms with Gasteiger partial charge in [-0.05, 0) is 42.5 Å². The van der Waals surface area contributed by atoms with Gasteiger partial charge in [0.15, 0.2) is 0 Å².